The number of rotatable bonds is 2. The Kier molecular flexibility index (Phi) is 3.13. The van der Waals surface area contributed by atoms with Gasteiger partial charge in [-0.2, -0.15) is 13.2 Å². The number of carbonyl (C=O) groups is 1. The number of hydrogen-bond acceptors (Lipinski definition) is 2. The van der Waals surface area contributed by atoms with Crippen LogP contribution in [0.5, 0.6) is 0 Å². The molecule has 0 atom stereocenters. The van der Waals surface area contributed by atoms with Gasteiger partial charge in [0, 0.05) is 6.07 Å². The van der Waals surface area contributed by atoms with Gasteiger partial charge in [0.15, 0.2) is 0 Å². The number of halogens is 3. The highest BCUT2D eigenvalue weighted by molar-refractivity contribution is 5.92. The lowest BCUT2D eigenvalue weighted by Crippen LogP contribution is -2.34. The average molecular weight is 220 g/mol. The zero-order chi connectivity index (χ0) is 11.5. The van der Waals surface area contributed by atoms with Gasteiger partial charge < -0.3 is 10.3 Å². The maximum absolute atomic E-state index is 11.7. The molecule has 0 fully saturated rings. The van der Waals surface area contributed by atoms with Gasteiger partial charge in [-0.3, -0.25) is 9.59 Å². The van der Waals surface area contributed by atoms with Crippen molar-refractivity contribution in [3.63, 3.8) is 0 Å². The highest BCUT2D eigenvalue weighted by Gasteiger charge is 2.27. The average Bonchev–Trinajstić information content (AvgIpc) is 2.13. The molecular weight excluding hydrogens is 213 g/mol. The smallest absolute Gasteiger partial charge is 0.342 e. The van der Waals surface area contributed by atoms with Gasteiger partial charge in [0.05, 0.1) is 0 Å². The van der Waals surface area contributed by atoms with Crippen LogP contribution in [0.15, 0.2) is 23.0 Å². The molecule has 1 heterocycles. The van der Waals surface area contributed by atoms with Crippen molar-refractivity contribution in [1.82, 2.24) is 10.3 Å². The predicted octanol–water partition coefficient (Wildman–Crippen LogP) is 0.667. The first kappa shape index (κ1) is 11.3. The molecule has 0 unspecified atom stereocenters. The van der Waals surface area contributed by atoms with E-state index in [1.807, 2.05) is 0 Å². The third-order valence-corrected chi connectivity index (χ3v) is 1.46. The Labute approximate surface area is 82.1 Å². The molecule has 0 spiro atoms. The first-order valence-corrected chi connectivity index (χ1v) is 3.93. The number of aromatic amines is 1. The quantitative estimate of drug-likeness (QED) is 0.769. The van der Waals surface area contributed by atoms with Crippen molar-refractivity contribution in [2.45, 2.75) is 6.18 Å². The number of amides is 1. The molecule has 15 heavy (non-hydrogen) atoms. The van der Waals surface area contributed by atoms with Gasteiger partial charge in [-0.15, -0.1) is 0 Å². The van der Waals surface area contributed by atoms with E-state index in [1.165, 1.54) is 12.1 Å². The SMILES string of the molecule is O=C(NCC(F)(F)F)c1cccc(=O)[nH]1. The Morgan fingerprint density at radius 1 is 1.40 bits per heavy atom. The predicted molar refractivity (Wildman–Crippen MR) is 45.5 cm³/mol. The summed E-state index contributed by atoms with van der Waals surface area (Å²) in [5.41, 5.74) is -0.749. The summed E-state index contributed by atoms with van der Waals surface area (Å²) >= 11 is 0. The summed E-state index contributed by atoms with van der Waals surface area (Å²) in [6, 6.07) is 3.65. The first-order chi connectivity index (χ1) is 6.88. The third-order valence-electron chi connectivity index (χ3n) is 1.46. The molecule has 0 radical (unpaired) electrons. The van der Waals surface area contributed by atoms with E-state index in [-0.39, 0.29) is 5.69 Å². The van der Waals surface area contributed by atoms with Crippen molar-refractivity contribution in [3.8, 4) is 0 Å². The summed E-state index contributed by atoms with van der Waals surface area (Å²) in [7, 11) is 0. The number of pyridine rings is 1. The van der Waals surface area contributed by atoms with E-state index in [4.69, 9.17) is 0 Å². The first-order valence-electron chi connectivity index (χ1n) is 3.93. The van der Waals surface area contributed by atoms with E-state index in [0.29, 0.717) is 0 Å². The largest absolute Gasteiger partial charge is 0.405 e. The van der Waals surface area contributed by atoms with E-state index in [2.05, 4.69) is 4.98 Å². The molecule has 1 amide bonds. The van der Waals surface area contributed by atoms with E-state index in [9.17, 15) is 22.8 Å². The van der Waals surface area contributed by atoms with Crippen LogP contribution in [0.4, 0.5) is 13.2 Å². The summed E-state index contributed by atoms with van der Waals surface area (Å²) in [5, 5.41) is 1.63. The number of alkyl halides is 3. The van der Waals surface area contributed by atoms with Gasteiger partial charge >= 0.3 is 6.18 Å². The van der Waals surface area contributed by atoms with Gasteiger partial charge in [-0.05, 0) is 6.07 Å². The van der Waals surface area contributed by atoms with Crippen LogP contribution in [0.2, 0.25) is 0 Å². The minimum absolute atomic E-state index is 0.202. The van der Waals surface area contributed by atoms with Crippen LogP contribution in [-0.2, 0) is 0 Å². The van der Waals surface area contributed by atoms with Crippen LogP contribution in [0.1, 0.15) is 10.5 Å². The maximum Gasteiger partial charge on any atom is 0.405 e. The van der Waals surface area contributed by atoms with Gasteiger partial charge in [0.25, 0.3) is 5.91 Å². The van der Waals surface area contributed by atoms with Crippen LogP contribution < -0.4 is 10.9 Å². The van der Waals surface area contributed by atoms with E-state index in [1.54, 1.807) is 5.32 Å². The molecule has 0 aliphatic carbocycles. The molecule has 82 valence electrons. The van der Waals surface area contributed by atoms with Gasteiger partial charge in [0.2, 0.25) is 5.56 Å². The number of aromatic nitrogens is 1. The Morgan fingerprint density at radius 3 is 2.60 bits per heavy atom. The molecule has 0 aromatic carbocycles. The standard InChI is InChI=1S/C8H7F3N2O2/c9-8(10,11)4-12-7(15)5-2-1-3-6(14)13-5/h1-3H,4H2,(H,12,15)(H,13,14). The highest BCUT2D eigenvalue weighted by Crippen LogP contribution is 2.12. The fourth-order valence-corrected chi connectivity index (χ4v) is 0.856. The molecule has 0 saturated heterocycles. The zero-order valence-electron chi connectivity index (χ0n) is 7.39. The number of H-pyrrole nitrogens is 1. The van der Waals surface area contributed by atoms with Crippen molar-refractivity contribution >= 4 is 5.91 Å². The lowest BCUT2D eigenvalue weighted by molar-refractivity contribution is -0.123. The fourth-order valence-electron chi connectivity index (χ4n) is 0.856. The molecule has 1 aromatic rings. The van der Waals surface area contributed by atoms with Crippen molar-refractivity contribution in [2.24, 2.45) is 0 Å². The summed E-state index contributed by atoms with van der Waals surface area (Å²) in [6.07, 6.45) is -4.47. The number of carbonyl (C=O) groups excluding carboxylic acids is 1. The van der Waals surface area contributed by atoms with E-state index < -0.39 is 24.2 Å². The topological polar surface area (TPSA) is 62.0 Å². The van der Waals surface area contributed by atoms with Crippen LogP contribution in [0.3, 0.4) is 0 Å². The van der Waals surface area contributed by atoms with Crippen LogP contribution >= 0.6 is 0 Å². The Morgan fingerprint density at radius 2 is 2.07 bits per heavy atom. The highest BCUT2D eigenvalue weighted by atomic mass is 19.4. The molecule has 1 aromatic heterocycles. The second-order valence-corrected chi connectivity index (χ2v) is 2.73. The summed E-state index contributed by atoms with van der Waals surface area (Å²) in [5.74, 6) is -0.968. The normalized spacial score (nSPS) is 11.1. The minimum Gasteiger partial charge on any atom is -0.342 e. The van der Waals surface area contributed by atoms with Gasteiger partial charge in [-0.1, -0.05) is 6.07 Å². The Bertz CT molecular complexity index is 411. The molecule has 1 rings (SSSR count). The molecule has 0 aliphatic heterocycles. The summed E-state index contributed by atoms with van der Waals surface area (Å²) in [6.45, 7) is -1.43. The minimum atomic E-state index is -4.47. The molecule has 2 N–H and O–H groups in total. The van der Waals surface area contributed by atoms with Crippen molar-refractivity contribution < 1.29 is 18.0 Å². The fraction of sp³-hybridized carbons (Fsp3) is 0.250. The van der Waals surface area contributed by atoms with Crippen LogP contribution in [0, 0.1) is 0 Å². The van der Waals surface area contributed by atoms with Crippen LogP contribution in [0.25, 0.3) is 0 Å². The molecule has 4 nitrogen and oxygen atoms in total. The monoisotopic (exact) mass is 220 g/mol. The molecule has 0 saturated carbocycles. The van der Waals surface area contributed by atoms with Crippen LogP contribution in [-0.4, -0.2) is 23.6 Å². The molecule has 0 aliphatic rings. The van der Waals surface area contributed by atoms with Gasteiger partial charge in [-0.25, -0.2) is 0 Å². The molecular formula is C8H7F3N2O2. The van der Waals surface area contributed by atoms with Crippen molar-refractivity contribution in [3.05, 3.63) is 34.2 Å². The Hall–Kier alpha value is -1.79. The summed E-state index contributed by atoms with van der Waals surface area (Å²) in [4.78, 5) is 23.9. The second kappa shape index (κ2) is 4.16. The third kappa shape index (κ3) is 3.84. The van der Waals surface area contributed by atoms with Gasteiger partial charge in [0.1, 0.15) is 12.2 Å². The van der Waals surface area contributed by atoms with Crippen molar-refractivity contribution in [1.29, 1.82) is 0 Å². The zero-order valence-corrected chi connectivity index (χ0v) is 7.39. The second-order valence-electron chi connectivity index (χ2n) is 2.73. The maximum atomic E-state index is 11.7. The molecule has 0 bridgehead atoms. The number of nitrogens with one attached hydrogen (secondary N) is 2. The lowest BCUT2D eigenvalue weighted by atomic mass is 10.3. The van der Waals surface area contributed by atoms with E-state index >= 15 is 0 Å². The summed E-state index contributed by atoms with van der Waals surface area (Å²) < 4.78 is 35.2. The van der Waals surface area contributed by atoms with E-state index in [0.717, 1.165) is 6.07 Å². The lowest BCUT2D eigenvalue weighted by Gasteiger charge is -2.07. The Balaban J connectivity index is 2.66. The van der Waals surface area contributed by atoms with Crippen molar-refractivity contribution in [2.75, 3.05) is 6.54 Å². The molecule has 7 heteroatoms. The number of hydrogen-bond donors (Lipinski definition) is 2.